The number of nitrogens with one attached hydrogen (secondary N) is 3. The fraction of sp³-hybridized carbons (Fsp3) is 0.0909. The van der Waals surface area contributed by atoms with Crippen molar-refractivity contribution in [2.75, 3.05) is 5.32 Å². The number of ether oxygens (including phenoxy) is 1. The lowest BCUT2D eigenvalue weighted by Gasteiger charge is -2.15. The summed E-state index contributed by atoms with van der Waals surface area (Å²) >= 11 is 7.11. The molecule has 0 saturated heterocycles. The highest BCUT2D eigenvalue weighted by Gasteiger charge is 2.27. The molecule has 0 bridgehead atoms. The Hall–Kier alpha value is -3.19. The van der Waals surface area contributed by atoms with Crippen molar-refractivity contribution in [3.05, 3.63) is 70.8 Å². The third-order valence-corrected chi connectivity index (χ3v) is 7.69. The van der Waals surface area contributed by atoms with E-state index >= 15 is 0 Å². The molecular formula is C22H15ClF2N4O4S2. The van der Waals surface area contributed by atoms with Gasteiger partial charge in [0.05, 0.1) is 12.8 Å². The summed E-state index contributed by atoms with van der Waals surface area (Å²) in [5.41, 5.74) is 1.68. The Balaban J connectivity index is 1.47. The van der Waals surface area contributed by atoms with Gasteiger partial charge in [0.1, 0.15) is 16.5 Å². The van der Waals surface area contributed by atoms with Crippen LogP contribution in [0.1, 0.15) is 5.56 Å². The fourth-order valence-corrected chi connectivity index (χ4v) is 5.75. The number of sulfonamides is 1. The van der Waals surface area contributed by atoms with Crippen LogP contribution >= 0.6 is 23.5 Å². The predicted octanol–water partition coefficient (Wildman–Crippen LogP) is 4.41. The third kappa shape index (κ3) is 4.82. The second-order valence-corrected chi connectivity index (χ2v) is 10.6. The van der Waals surface area contributed by atoms with Crippen molar-refractivity contribution in [3.63, 3.8) is 0 Å². The first-order valence-corrected chi connectivity index (χ1v) is 12.8. The highest BCUT2D eigenvalue weighted by molar-refractivity contribution is 7.99. The number of anilines is 1. The summed E-state index contributed by atoms with van der Waals surface area (Å²) in [7, 11) is -4.40. The van der Waals surface area contributed by atoms with Crippen LogP contribution in [0.4, 0.5) is 14.5 Å². The van der Waals surface area contributed by atoms with Gasteiger partial charge in [0.2, 0.25) is 15.9 Å². The zero-order valence-corrected chi connectivity index (χ0v) is 19.9. The van der Waals surface area contributed by atoms with Crippen LogP contribution < -0.4 is 19.5 Å². The number of carbonyl (C=O) groups is 1. The Morgan fingerprint density at radius 2 is 1.91 bits per heavy atom. The van der Waals surface area contributed by atoms with Crippen molar-refractivity contribution in [2.24, 2.45) is 4.99 Å². The van der Waals surface area contributed by atoms with Gasteiger partial charge in [-0.25, -0.2) is 22.2 Å². The summed E-state index contributed by atoms with van der Waals surface area (Å²) in [6.07, 6.45) is 1.50. The molecule has 0 spiro atoms. The molecule has 2 heterocycles. The summed E-state index contributed by atoms with van der Waals surface area (Å²) in [4.78, 5) is 14.6. The minimum atomic E-state index is -4.40. The van der Waals surface area contributed by atoms with Gasteiger partial charge in [0, 0.05) is 28.4 Å². The van der Waals surface area contributed by atoms with Gasteiger partial charge in [0.15, 0.2) is 17.1 Å². The lowest BCUT2D eigenvalue weighted by molar-refractivity contribution is -0.115. The van der Waals surface area contributed by atoms with Crippen LogP contribution in [0.5, 0.6) is 11.5 Å². The number of benzene rings is 3. The number of halogens is 3. The molecule has 1 amide bonds. The molecule has 1 atom stereocenters. The van der Waals surface area contributed by atoms with Gasteiger partial charge in [-0.05, 0) is 53.4 Å². The van der Waals surface area contributed by atoms with Gasteiger partial charge in [-0.3, -0.25) is 4.79 Å². The SMILES string of the molecule is O=C1Cc2cc(-c3cc(Cl)ccc3Oc3cc(F)c(S(=O)(=O)NC4N=CNS4)cc3F)ccc2N1. The molecule has 2 aliphatic rings. The number of hydrogen-bond acceptors (Lipinski definition) is 7. The van der Waals surface area contributed by atoms with Crippen LogP contribution in [0.3, 0.4) is 0 Å². The van der Waals surface area contributed by atoms with E-state index in [2.05, 4.69) is 19.8 Å². The maximum atomic E-state index is 14.9. The molecule has 0 aromatic heterocycles. The van der Waals surface area contributed by atoms with Crippen molar-refractivity contribution in [1.29, 1.82) is 0 Å². The molecule has 0 aliphatic carbocycles. The summed E-state index contributed by atoms with van der Waals surface area (Å²) in [6.45, 7) is 0. The average molecular weight is 537 g/mol. The predicted molar refractivity (Wildman–Crippen MR) is 129 cm³/mol. The van der Waals surface area contributed by atoms with Gasteiger partial charge in [-0.1, -0.05) is 17.7 Å². The fourth-order valence-electron chi connectivity index (χ4n) is 3.60. The van der Waals surface area contributed by atoms with Crippen molar-refractivity contribution >= 4 is 51.5 Å². The first-order chi connectivity index (χ1) is 16.7. The van der Waals surface area contributed by atoms with Gasteiger partial charge in [-0.15, -0.1) is 0 Å². The van der Waals surface area contributed by atoms with E-state index in [9.17, 15) is 22.0 Å². The molecular weight excluding hydrogens is 522 g/mol. The molecule has 8 nitrogen and oxygen atoms in total. The molecule has 0 fully saturated rings. The molecule has 3 aromatic rings. The molecule has 13 heteroatoms. The number of rotatable bonds is 6. The number of amides is 1. The second kappa shape index (κ2) is 9.11. The van der Waals surface area contributed by atoms with Gasteiger partial charge in [-0.2, -0.15) is 4.72 Å². The van der Waals surface area contributed by atoms with Crippen molar-refractivity contribution < 1.29 is 26.7 Å². The van der Waals surface area contributed by atoms with E-state index in [-0.39, 0.29) is 18.1 Å². The number of aliphatic imine (C=N–C) groups is 1. The normalized spacial score (nSPS) is 16.7. The largest absolute Gasteiger partial charge is 0.454 e. The van der Waals surface area contributed by atoms with E-state index in [1.54, 1.807) is 24.3 Å². The van der Waals surface area contributed by atoms with Crippen LogP contribution in [-0.4, -0.2) is 26.2 Å². The van der Waals surface area contributed by atoms with E-state index in [4.69, 9.17) is 16.3 Å². The zero-order valence-electron chi connectivity index (χ0n) is 17.5. The number of fused-ring (bicyclic) bond motifs is 1. The van der Waals surface area contributed by atoms with Crippen LogP contribution in [-0.2, 0) is 21.2 Å². The van der Waals surface area contributed by atoms with Crippen LogP contribution in [0.15, 0.2) is 58.4 Å². The zero-order chi connectivity index (χ0) is 24.7. The lowest BCUT2D eigenvalue weighted by Crippen LogP contribution is -2.31. The van der Waals surface area contributed by atoms with Crippen LogP contribution in [0.2, 0.25) is 5.02 Å². The van der Waals surface area contributed by atoms with Gasteiger partial charge >= 0.3 is 0 Å². The maximum Gasteiger partial charge on any atom is 0.246 e. The van der Waals surface area contributed by atoms with E-state index in [1.165, 1.54) is 18.5 Å². The lowest BCUT2D eigenvalue weighted by atomic mass is 10.0. The Labute approximate surface area is 207 Å². The van der Waals surface area contributed by atoms with Gasteiger partial charge in [0.25, 0.3) is 0 Å². The molecule has 5 rings (SSSR count). The Kier molecular flexibility index (Phi) is 6.13. The molecule has 180 valence electrons. The Bertz CT molecular complexity index is 1500. The quantitative estimate of drug-likeness (QED) is 0.403. The first-order valence-electron chi connectivity index (χ1n) is 10.0. The van der Waals surface area contributed by atoms with Crippen molar-refractivity contribution in [3.8, 4) is 22.6 Å². The first kappa shape index (κ1) is 23.5. The van der Waals surface area contributed by atoms with E-state index < -0.39 is 37.8 Å². The average Bonchev–Trinajstić information content (AvgIpc) is 3.44. The van der Waals surface area contributed by atoms with Crippen LogP contribution in [0, 0.1) is 11.6 Å². The summed E-state index contributed by atoms with van der Waals surface area (Å²) in [5, 5.41) is 3.12. The summed E-state index contributed by atoms with van der Waals surface area (Å²) in [5.74, 6) is -2.78. The number of hydrogen-bond donors (Lipinski definition) is 3. The maximum absolute atomic E-state index is 14.9. The third-order valence-electron chi connectivity index (χ3n) is 5.18. The highest BCUT2D eigenvalue weighted by Crippen LogP contribution is 2.39. The molecule has 0 saturated carbocycles. The topological polar surface area (TPSA) is 109 Å². The van der Waals surface area contributed by atoms with E-state index in [0.717, 1.165) is 17.5 Å². The summed E-state index contributed by atoms with van der Waals surface area (Å²) < 4.78 is 65.1. The second-order valence-electron chi connectivity index (χ2n) is 7.54. The molecule has 3 N–H and O–H groups in total. The molecule has 0 radical (unpaired) electrons. The highest BCUT2D eigenvalue weighted by atomic mass is 35.5. The minimum Gasteiger partial charge on any atom is -0.454 e. The molecule has 2 aliphatic heterocycles. The molecule has 35 heavy (non-hydrogen) atoms. The number of carbonyl (C=O) groups excluding carboxylic acids is 1. The Morgan fingerprint density at radius 3 is 2.69 bits per heavy atom. The van der Waals surface area contributed by atoms with Crippen LogP contribution in [0.25, 0.3) is 11.1 Å². The van der Waals surface area contributed by atoms with E-state index in [0.29, 0.717) is 34.0 Å². The smallest absolute Gasteiger partial charge is 0.246 e. The number of nitrogens with zero attached hydrogens (tertiary/aromatic N) is 1. The van der Waals surface area contributed by atoms with Crippen molar-refractivity contribution in [1.82, 2.24) is 9.44 Å². The molecule has 1 unspecified atom stereocenters. The van der Waals surface area contributed by atoms with E-state index in [1.807, 2.05) is 0 Å². The van der Waals surface area contributed by atoms with Crippen molar-refractivity contribution in [2.45, 2.75) is 16.8 Å². The van der Waals surface area contributed by atoms with Gasteiger partial charge < -0.3 is 14.8 Å². The molecule has 3 aromatic carbocycles. The standard InChI is InChI=1S/C22H15ClF2N4O4S2/c23-13-2-4-18(14(7-13)11-1-3-17-12(5-11)6-21(30)28-17)33-19-8-16(25)20(9-15(19)24)35(31,32)29-22-26-10-27-34-22/h1-5,7-10,22,29H,6H2,(H,26,27)(H,28,30). The monoisotopic (exact) mass is 536 g/mol. The summed E-state index contributed by atoms with van der Waals surface area (Å²) in [6, 6.07) is 11.1. The minimum absolute atomic E-state index is 0.128. The Morgan fingerprint density at radius 1 is 1.09 bits per heavy atom.